The van der Waals surface area contributed by atoms with Crippen LogP contribution in [-0.2, 0) is 40.3 Å². The van der Waals surface area contributed by atoms with Gasteiger partial charge in [0.25, 0.3) is 20.8 Å². The molecule has 2 aromatic rings. The van der Waals surface area contributed by atoms with E-state index in [1.54, 1.807) is 36.4 Å². The Labute approximate surface area is 146 Å². The van der Waals surface area contributed by atoms with Crippen LogP contribution < -0.4 is 8.37 Å². The Morgan fingerprint density at radius 2 is 0.870 bits per heavy atom. The molecule has 11 heteroatoms. The van der Waals surface area contributed by atoms with Crippen LogP contribution in [0.1, 0.15) is 0 Å². The molecule has 8 nitrogen and oxygen atoms in total. The molecule has 0 unspecified atom stereocenters. The standard InChI is InChI=1S/2C6H6O4S.Zn/c2*7-11(8,9)10-6-4-2-1-3-5-6;/h2*1-5H,(H,7,8,9);/q;;+2/p-2. The minimum absolute atomic E-state index is 0. The second-order valence-corrected chi connectivity index (χ2v) is 5.58. The second kappa shape index (κ2) is 9.58. The van der Waals surface area contributed by atoms with Crippen LogP contribution in [0.2, 0.25) is 0 Å². The van der Waals surface area contributed by atoms with Crippen molar-refractivity contribution in [3.8, 4) is 11.5 Å². The van der Waals surface area contributed by atoms with E-state index in [0.717, 1.165) is 0 Å². The summed E-state index contributed by atoms with van der Waals surface area (Å²) in [4.78, 5) is 0. The second-order valence-electron chi connectivity index (χ2n) is 3.61. The summed E-state index contributed by atoms with van der Waals surface area (Å²) in [5.74, 6) is 0.0602. The summed E-state index contributed by atoms with van der Waals surface area (Å²) in [6.45, 7) is 0. The molecule has 0 aliphatic carbocycles. The summed E-state index contributed by atoms with van der Waals surface area (Å²) < 4.78 is 68.2. The fourth-order valence-electron chi connectivity index (χ4n) is 1.19. The van der Waals surface area contributed by atoms with Gasteiger partial charge in [0.1, 0.15) is 11.5 Å². The molecule has 2 rings (SSSR count). The number of hydrogen-bond acceptors (Lipinski definition) is 8. The maximum atomic E-state index is 10.0. The monoisotopic (exact) mass is 410 g/mol. The van der Waals surface area contributed by atoms with E-state index >= 15 is 0 Å². The molecule has 0 fully saturated rings. The summed E-state index contributed by atoms with van der Waals surface area (Å²) in [6.07, 6.45) is 0. The third-order valence-corrected chi connectivity index (χ3v) is 2.68. The normalized spacial score (nSPS) is 10.5. The van der Waals surface area contributed by atoms with Crippen molar-refractivity contribution in [1.29, 1.82) is 0 Å². The van der Waals surface area contributed by atoms with Crippen LogP contribution in [0, 0.1) is 0 Å². The van der Waals surface area contributed by atoms with Crippen molar-refractivity contribution in [2.75, 3.05) is 0 Å². The van der Waals surface area contributed by atoms with Crippen LogP contribution in [-0.4, -0.2) is 25.9 Å². The van der Waals surface area contributed by atoms with Crippen molar-refractivity contribution >= 4 is 20.8 Å². The predicted molar refractivity (Wildman–Crippen MR) is 73.5 cm³/mol. The van der Waals surface area contributed by atoms with Crippen molar-refractivity contribution in [3.05, 3.63) is 60.7 Å². The van der Waals surface area contributed by atoms with Gasteiger partial charge in [0, 0.05) is 0 Å². The average molecular weight is 412 g/mol. The zero-order valence-corrected chi connectivity index (χ0v) is 16.2. The molecule has 0 aliphatic heterocycles. The maximum absolute atomic E-state index is 10.0. The first-order valence-electron chi connectivity index (χ1n) is 5.56. The third-order valence-electron chi connectivity index (χ3n) is 1.88. The number of para-hydroxylation sites is 2. The van der Waals surface area contributed by atoms with Crippen LogP contribution in [0.5, 0.6) is 11.5 Å². The van der Waals surface area contributed by atoms with E-state index in [9.17, 15) is 25.9 Å². The zero-order valence-electron chi connectivity index (χ0n) is 11.6. The molecule has 0 N–H and O–H groups in total. The summed E-state index contributed by atoms with van der Waals surface area (Å²) in [7, 11) is -9.25. The molecule has 0 saturated carbocycles. The van der Waals surface area contributed by atoms with Gasteiger partial charge < -0.3 is 17.5 Å². The Morgan fingerprint density at radius 3 is 1.09 bits per heavy atom. The molecule has 0 radical (unpaired) electrons. The Morgan fingerprint density at radius 1 is 0.609 bits per heavy atom. The minimum Gasteiger partial charge on any atom is -0.716 e. The van der Waals surface area contributed by atoms with Crippen LogP contribution in [0.25, 0.3) is 0 Å². The van der Waals surface area contributed by atoms with Gasteiger partial charge in [0.2, 0.25) is 0 Å². The van der Waals surface area contributed by atoms with Gasteiger partial charge in [-0.1, -0.05) is 36.4 Å². The summed E-state index contributed by atoms with van der Waals surface area (Å²) in [6, 6.07) is 15.2. The molecule has 0 saturated heterocycles. The predicted octanol–water partition coefficient (Wildman–Crippen LogP) is 1.05. The van der Waals surface area contributed by atoms with Gasteiger partial charge in [0.15, 0.2) is 0 Å². The molecule has 120 valence electrons. The molecule has 2 aromatic carbocycles. The van der Waals surface area contributed by atoms with E-state index in [-0.39, 0.29) is 31.0 Å². The first kappa shape index (κ1) is 21.5. The fraction of sp³-hybridized carbons (Fsp3) is 0. The summed E-state index contributed by atoms with van der Waals surface area (Å²) >= 11 is 0. The van der Waals surface area contributed by atoms with E-state index < -0.39 is 20.8 Å². The molecule has 0 atom stereocenters. The number of benzene rings is 2. The van der Waals surface area contributed by atoms with Crippen molar-refractivity contribution in [3.63, 3.8) is 0 Å². The fourth-order valence-corrected chi connectivity index (χ4v) is 1.88. The molecule has 0 amide bonds. The van der Waals surface area contributed by atoms with Crippen LogP contribution in [0.4, 0.5) is 0 Å². The van der Waals surface area contributed by atoms with Gasteiger partial charge in [-0.15, -0.1) is 0 Å². The molecule has 0 heterocycles. The van der Waals surface area contributed by atoms with Gasteiger partial charge in [-0.25, -0.2) is 16.8 Å². The largest absolute Gasteiger partial charge is 2.00 e. The topological polar surface area (TPSA) is 133 Å². The molecule has 0 aliphatic rings. The number of hydrogen-bond donors (Lipinski definition) is 0. The summed E-state index contributed by atoms with van der Waals surface area (Å²) in [5, 5.41) is 0. The quantitative estimate of drug-likeness (QED) is 0.414. The zero-order chi connectivity index (χ0) is 16.6. The van der Waals surface area contributed by atoms with Crippen LogP contribution in [0.3, 0.4) is 0 Å². The van der Waals surface area contributed by atoms with Gasteiger partial charge in [-0.3, -0.25) is 0 Å². The van der Waals surface area contributed by atoms with Crippen molar-refractivity contribution < 1.29 is 53.8 Å². The molecular weight excluding hydrogens is 402 g/mol. The summed E-state index contributed by atoms with van der Waals surface area (Å²) in [5.41, 5.74) is 0. The Balaban J connectivity index is 0.000000403. The maximum Gasteiger partial charge on any atom is 2.00 e. The number of rotatable bonds is 4. The first-order chi connectivity index (χ1) is 10.2. The van der Waals surface area contributed by atoms with Gasteiger partial charge >= 0.3 is 19.5 Å². The molecule has 0 aromatic heterocycles. The molecule has 23 heavy (non-hydrogen) atoms. The van der Waals surface area contributed by atoms with Crippen molar-refractivity contribution in [2.24, 2.45) is 0 Å². The van der Waals surface area contributed by atoms with E-state index in [1.165, 1.54) is 24.3 Å². The Bertz CT molecular complexity index is 707. The first-order valence-corrected chi connectivity index (χ1v) is 8.23. The smallest absolute Gasteiger partial charge is 0.716 e. The third kappa shape index (κ3) is 11.7. The van der Waals surface area contributed by atoms with Crippen molar-refractivity contribution in [2.45, 2.75) is 0 Å². The van der Waals surface area contributed by atoms with Gasteiger partial charge in [0.05, 0.1) is 0 Å². The molecule has 0 bridgehead atoms. The minimum atomic E-state index is -4.63. The van der Waals surface area contributed by atoms with Gasteiger partial charge in [-0.2, -0.15) is 0 Å². The van der Waals surface area contributed by atoms with Crippen LogP contribution in [0.15, 0.2) is 60.7 Å². The molecular formula is C12H10O8S2Zn. The average Bonchev–Trinajstić information content (AvgIpc) is 2.38. The Kier molecular flexibility index (Phi) is 8.95. The molecule has 0 spiro atoms. The van der Waals surface area contributed by atoms with E-state index in [2.05, 4.69) is 8.37 Å². The van der Waals surface area contributed by atoms with E-state index in [1.807, 2.05) is 0 Å². The van der Waals surface area contributed by atoms with E-state index in [4.69, 9.17) is 0 Å². The Hall–Kier alpha value is -1.52. The van der Waals surface area contributed by atoms with Gasteiger partial charge in [-0.05, 0) is 24.3 Å². The van der Waals surface area contributed by atoms with Crippen molar-refractivity contribution in [1.82, 2.24) is 0 Å². The SMILES string of the molecule is O=S(=O)([O-])Oc1ccccc1.O=S(=O)([O-])Oc1ccccc1.[Zn+2]. The van der Waals surface area contributed by atoms with Crippen LogP contribution >= 0.6 is 0 Å². The van der Waals surface area contributed by atoms with E-state index in [0.29, 0.717) is 0 Å².